The van der Waals surface area contributed by atoms with Crippen molar-refractivity contribution >= 4 is 17.7 Å². The third-order valence-electron chi connectivity index (χ3n) is 3.37. The van der Waals surface area contributed by atoms with E-state index >= 15 is 0 Å². The summed E-state index contributed by atoms with van der Waals surface area (Å²) < 4.78 is 2.09. The Morgan fingerprint density at radius 1 is 0.923 bits per heavy atom. The van der Waals surface area contributed by atoms with Crippen molar-refractivity contribution in [3.63, 3.8) is 0 Å². The second-order valence-electron chi connectivity index (χ2n) is 5.24. The molecule has 1 rings (SSSR count). The van der Waals surface area contributed by atoms with E-state index in [2.05, 4.69) is 62.6 Å². The number of hydrogen-bond acceptors (Lipinski definition) is 0. The zero-order chi connectivity index (χ0) is 10.1. The molecule has 1 aromatic carbocycles. The maximum atomic E-state index is 2.50. The van der Waals surface area contributed by atoms with Crippen LogP contribution in [0.4, 0.5) is 0 Å². The molecule has 1 aromatic rings. The molecule has 0 nitrogen and oxygen atoms in total. The molecule has 0 aromatic heterocycles. The van der Waals surface area contributed by atoms with E-state index in [0.717, 1.165) is 0 Å². The van der Waals surface area contributed by atoms with Crippen LogP contribution in [0.5, 0.6) is 0 Å². The van der Waals surface area contributed by atoms with Crippen molar-refractivity contribution in [1.29, 1.82) is 0 Å². The zero-order valence-corrected chi connectivity index (χ0v) is 11.5. The maximum absolute atomic E-state index is 2.50. The van der Waals surface area contributed by atoms with Crippen LogP contribution in [0.1, 0.15) is 20.8 Å². The molecule has 0 fully saturated rings. The predicted octanol–water partition coefficient (Wildman–Crippen LogP) is 3.40. The van der Waals surface area contributed by atoms with E-state index in [1.807, 2.05) is 0 Å². The first-order chi connectivity index (χ1) is 5.86. The molecule has 0 saturated carbocycles. The summed E-state index contributed by atoms with van der Waals surface area (Å²) in [4.78, 5) is 0. The summed E-state index contributed by atoms with van der Waals surface area (Å²) >= 11 is -1.81. The van der Waals surface area contributed by atoms with E-state index < -0.39 is 13.3 Å². The molecule has 0 bridgehead atoms. The normalized spacial score (nSPS) is 13.0. The minimum atomic E-state index is -1.81. The fourth-order valence-electron chi connectivity index (χ4n) is 1.29. The molecular formula is C12H20Ge. The van der Waals surface area contributed by atoms with Crippen LogP contribution in [0.2, 0.25) is 15.8 Å². The topological polar surface area (TPSA) is 0 Å². The number of benzene rings is 1. The summed E-state index contributed by atoms with van der Waals surface area (Å²) in [5.74, 6) is 4.99. The first kappa shape index (κ1) is 10.8. The van der Waals surface area contributed by atoms with Gasteiger partial charge in [0.1, 0.15) is 0 Å². The van der Waals surface area contributed by atoms with Crippen LogP contribution in [-0.2, 0) is 0 Å². The molecule has 0 saturated heterocycles. The van der Waals surface area contributed by atoms with Crippen LogP contribution >= 0.6 is 0 Å². The summed E-state index contributed by atoms with van der Waals surface area (Å²) in [6, 6.07) is 11.0. The first-order valence-electron chi connectivity index (χ1n) is 4.91. The summed E-state index contributed by atoms with van der Waals surface area (Å²) in [6.45, 7) is 7.12. The Bertz CT molecular complexity index is 267. The van der Waals surface area contributed by atoms with Gasteiger partial charge in [0, 0.05) is 0 Å². The molecule has 0 aliphatic carbocycles. The van der Waals surface area contributed by atoms with E-state index in [-0.39, 0.29) is 0 Å². The van der Waals surface area contributed by atoms with E-state index in [4.69, 9.17) is 0 Å². The van der Waals surface area contributed by atoms with Crippen molar-refractivity contribution < 1.29 is 0 Å². The molecular weight excluding hydrogens is 217 g/mol. The molecule has 0 aliphatic heterocycles. The summed E-state index contributed by atoms with van der Waals surface area (Å²) in [6.07, 6.45) is 0. The van der Waals surface area contributed by atoms with Crippen molar-refractivity contribution in [1.82, 2.24) is 0 Å². The van der Waals surface area contributed by atoms with Gasteiger partial charge in [-0.25, -0.2) is 0 Å². The van der Waals surface area contributed by atoms with Gasteiger partial charge < -0.3 is 0 Å². The van der Waals surface area contributed by atoms with E-state index in [1.54, 1.807) is 4.40 Å². The second-order valence-corrected chi connectivity index (χ2v) is 16.4. The molecule has 0 radical (unpaired) electrons. The molecule has 0 aliphatic rings. The van der Waals surface area contributed by atoms with E-state index in [9.17, 15) is 0 Å². The van der Waals surface area contributed by atoms with Crippen molar-refractivity contribution in [3.8, 4) is 0 Å². The van der Waals surface area contributed by atoms with Gasteiger partial charge in [-0.2, -0.15) is 0 Å². The van der Waals surface area contributed by atoms with Gasteiger partial charge in [-0.05, 0) is 0 Å². The van der Waals surface area contributed by atoms with Crippen LogP contribution < -0.4 is 4.40 Å². The first-order valence-corrected chi connectivity index (χ1v) is 11.2. The Labute approximate surface area is 84.7 Å². The van der Waals surface area contributed by atoms with Gasteiger partial charge in [-0.1, -0.05) is 0 Å². The van der Waals surface area contributed by atoms with E-state index in [0.29, 0.717) is 4.25 Å². The third-order valence-corrected chi connectivity index (χ3v) is 15.0. The SMILES string of the molecule is C[C](C)(C)[Ge]([CH3])([CH3])[c]1ccccc1. The van der Waals surface area contributed by atoms with Crippen LogP contribution in [0, 0.1) is 0 Å². The Kier molecular flexibility index (Phi) is 2.91. The summed E-state index contributed by atoms with van der Waals surface area (Å²) in [5.41, 5.74) is 0. The van der Waals surface area contributed by atoms with Crippen LogP contribution in [-0.4, -0.2) is 13.3 Å². The Morgan fingerprint density at radius 2 is 1.38 bits per heavy atom. The van der Waals surface area contributed by atoms with Crippen LogP contribution in [0.15, 0.2) is 30.3 Å². The molecule has 0 amide bonds. The third kappa shape index (κ3) is 2.16. The average Bonchev–Trinajstić information content (AvgIpc) is 2.04. The molecule has 13 heavy (non-hydrogen) atoms. The molecule has 0 spiro atoms. The van der Waals surface area contributed by atoms with Crippen molar-refractivity contribution in [2.45, 2.75) is 36.5 Å². The Balaban J connectivity index is 3.08. The predicted molar refractivity (Wildman–Crippen MR) is 63.3 cm³/mol. The molecule has 0 N–H and O–H groups in total. The fourth-order valence-corrected chi connectivity index (χ4v) is 5.26. The summed E-state index contributed by atoms with van der Waals surface area (Å²) in [5, 5.41) is 0. The van der Waals surface area contributed by atoms with Crippen molar-refractivity contribution in [2.75, 3.05) is 0 Å². The number of rotatable bonds is 1. The standard InChI is InChI=1S/C12H20Ge/c1-12(2,3)13(4,5)11-9-7-6-8-10-11/h6-10H,1-5H3. The van der Waals surface area contributed by atoms with Crippen molar-refractivity contribution in [2.24, 2.45) is 0 Å². The van der Waals surface area contributed by atoms with Crippen LogP contribution in [0.25, 0.3) is 0 Å². The van der Waals surface area contributed by atoms with Gasteiger partial charge in [-0.3, -0.25) is 0 Å². The molecule has 1 heteroatoms. The zero-order valence-electron chi connectivity index (χ0n) is 9.39. The average molecular weight is 237 g/mol. The molecule has 72 valence electrons. The fraction of sp³-hybridized carbons (Fsp3) is 0.500. The van der Waals surface area contributed by atoms with Gasteiger partial charge >= 0.3 is 84.5 Å². The van der Waals surface area contributed by atoms with Crippen molar-refractivity contribution in [3.05, 3.63) is 30.3 Å². The van der Waals surface area contributed by atoms with Gasteiger partial charge in [0.15, 0.2) is 0 Å². The quantitative estimate of drug-likeness (QED) is 0.656. The van der Waals surface area contributed by atoms with Gasteiger partial charge in [-0.15, -0.1) is 0 Å². The Morgan fingerprint density at radius 3 is 1.77 bits per heavy atom. The Hall–Kier alpha value is -0.237. The molecule has 0 atom stereocenters. The van der Waals surface area contributed by atoms with E-state index in [1.165, 1.54) is 0 Å². The number of hydrogen-bond donors (Lipinski definition) is 0. The van der Waals surface area contributed by atoms with Gasteiger partial charge in [0.2, 0.25) is 0 Å². The minimum absolute atomic E-state index is 0.487. The molecule has 0 unspecified atom stereocenters. The summed E-state index contributed by atoms with van der Waals surface area (Å²) in [7, 11) is 0. The van der Waals surface area contributed by atoms with Crippen LogP contribution in [0.3, 0.4) is 0 Å². The second kappa shape index (κ2) is 3.49. The molecule has 0 heterocycles. The monoisotopic (exact) mass is 238 g/mol. The van der Waals surface area contributed by atoms with Gasteiger partial charge in [0.25, 0.3) is 0 Å². The van der Waals surface area contributed by atoms with Gasteiger partial charge in [0.05, 0.1) is 0 Å².